The zero-order chi connectivity index (χ0) is 12.4. The Morgan fingerprint density at radius 3 is 2.59 bits per heavy atom. The van der Waals surface area contributed by atoms with E-state index in [0.717, 1.165) is 8.04 Å². The number of nitrogen functional groups attached to an aromatic ring is 1. The van der Waals surface area contributed by atoms with Crippen LogP contribution in [-0.2, 0) is 0 Å². The van der Waals surface area contributed by atoms with Gasteiger partial charge in [-0.1, -0.05) is 15.9 Å². The van der Waals surface area contributed by atoms with Crippen molar-refractivity contribution in [1.82, 2.24) is 0 Å². The van der Waals surface area contributed by atoms with Crippen molar-refractivity contribution in [3.8, 4) is 11.5 Å². The van der Waals surface area contributed by atoms with Crippen molar-refractivity contribution in [2.24, 2.45) is 0 Å². The maximum absolute atomic E-state index is 13.5. The Labute approximate surface area is 120 Å². The second-order valence-electron chi connectivity index (χ2n) is 3.37. The molecular weight excluding hydrogens is 400 g/mol. The highest BCUT2D eigenvalue weighted by molar-refractivity contribution is 14.1. The van der Waals surface area contributed by atoms with E-state index in [9.17, 15) is 4.39 Å². The predicted molar refractivity (Wildman–Crippen MR) is 77.7 cm³/mol. The molecule has 0 aromatic heterocycles. The van der Waals surface area contributed by atoms with Crippen LogP contribution in [0.3, 0.4) is 0 Å². The highest BCUT2D eigenvalue weighted by atomic mass is 127. The summed E-state index contributed by atoms with van der Waals surface area (Å²) in [6, 6.07) is 9.76. The molecule has 2 aromatic carbocycles. The minimum atomic E-state index is -0.402. The van der Waals surface area contributed by atoms with Crippen LogP contribution in [-0.4, -0.2) is 0 Å². The zero-order valence-corrected chi connectivity index (χ0v) is 12.3. The lowest BCUT2D eigenvalue weighted by molar-refractivity contribution is 0.439. The molecule has 0 atom stereocenters. The molecular formula is C12H8BrFINO. The van der Waals surface area contributed by atoms with Crippen molar-refractivity contribution in [3.05, 3.63) is 50.3 Å². The summed E-state index contributed by atoms with van der Waals surface area (Å²) in [6.45, 7) is 0. The van der Waals surface area contributed by atoms with Crippen LogP contribution in [0.25, 0.3) is 0 Å². The molecule has 17 heavy (non-hydrogen) atoms. The van der Waals surface area contributed by atoms with Gasteiger partial charge in [0, 0.05) is 10.2 Å². The monoisotopic (exact) mass is 407 g/mol. The maximum atomic E-state index is 13.5. The number of hydrogen-bond acceptors (Lipinski definition) is 2. The fourth-order valence-corrected chi connectivity index (χ4v) is 2.26. The maximum Gasteiger partial charge on any atom is 0.165 e. The van der Waals surface area contributed by atoms with Gasteiger partial charge in [0.1, 0.15) is 5.75 Å². The second-order valence-corrected chi connectivity index (χ2v) is 5.44. The van der Waals surface area contributed by atoms with E-state index in [-0.39, 0.29) is 5.75 Å². The van der Waals surface area contributed by atoms with Crippen molar-refractivity contribution >= 4 is 44.2 Å². The molecule has 0 heterocycles. The van der Waals surface area contributed by atoms with Crippen molar-refractivity contribution in [2.45, 2.75) is 0 Å². The molecule has 5 heteroatoms. The van der Waals surface area contributed by atoms with Crippen LogP contribution >= 0.6 is 38.5 Å². The Hall–Kier alpha value is -0.820. The number of halogens is 3. The highest BCUT2D eigenvalue weighted by Gasteiger charge is 2.08. The van der Waals surface area contributed by atoms with E-state index in [4.69, 9.17) is 10.5 Å². The minimum Gasteiger partial charge on any atom is -0.453 e. The fourth-order valence-electron chi connectivity index (χ4n) is 1.27. The van der Waals surface area contributed by atoms with Gasteiger partial charge in [0.15, 0.2) is 11.6 Å². The number of benzene rings is 2. The van der Waals surface area contributed by atoms with Gasteiger partial charge in [-0.15, -0.1) is 0 Å². The third kappa shape index (κ3) is 3.10. The van der Waals surface area contributed by atoms with Crippen LogP contribution in [0.1, 0.15) is 0 Å². The standard InChI is InChI=1S/C12H8BrFINO/c13-7-1-3-9(14)12(5-7)17-11-4-2-8(16)6-10(11)15/h1-6H,16H2. The summed E-state index contributed by atoms with van der Waals surface area (Å²) in [6.07, 6.45) is 0. The molecule has 0 aliphatic carbocycles. The van der Waals surface area contributed by atoms with Crippen molar-refractivity contribution in [3.63, 3.8) is 0 Å². The Bertz CT molecular complexity index is 562. The van der Waals surface area contributed by atoms with Crippen molar-refractivity contribution < 1.29 is 9.13 Å². The van der Waals surface area contributed by atoms with Gasteiger partial charge in [-0.3, -0.25) is 0 Å². The lowest BCUT2D eigenvalue weighted by atomic mass is 10.3. The first-order valence-corrected chi connectivity index (χ1v) is 6.61. The quantitative estimate of drug-likeness (QED) is 0.584. The van der Waals surface area contributed by atoms with E-state index in [1.54, 1.807) is 30.3 Å². The van der Waals surface area contributed by atoms with Crippen LogP contribution < -0.4 is 10.5 Å². The van der Waals surface area contributed by atoms with Crippen LogP contribution in [0.4, 0.5) is 10.1 Å². The molecule has 2 nitrogen and oxygen atoms in total. The van der Waals surface area contributed by atoms with Gasteiger partial charge in [-0.25, -0.2) is 4.39 Å². The molecule has 0 unspecified atom stereocenters. The summed E-state index contributed by atoms with van der Waals surface area (Å²) in [5.41, 5.74) is 6.28. The summed E-state index contributed by atoms with van der Waals surface area (Å²) in [5.74, 6) is 0.361. The number of nitrogens with two attached hydrogens (primary N) is 1. The van der Waals surface area contributed by atoms with E-state index >= 15 is 0 Å². The molecule has 0 amide bonds. The first-order valence-electron chi connectivity index (χ1n) is 4.74. The molecule has 88 valence electrons. The number of rotatable bonds is 2. The van der Waals surface area contributed by atoms with Gasteiger partial charge in [0.25, 0.3) is 0 Å². The number of anilines is 1. The summed E-state index contributed by atoms with van der Waals surface area (Å²) >= 11 is 5.37. The van der Waals surface area contributed by atoms with E-state index in [1.165, 1.54) is 6.07 Å². The normalized spacial score (nSPS) is 10.3. The topological polar surface area (TPSA) is 35.2 Å². The van der Waals surface area contributed by atoms with E-state index in [1.807, 2.05) is 0 Å². The van der Waals surface area contributed by atoms with Gasteiger partial charge in [-0.2, -0.15) is 0 Å². The zero-order valence-electron chi connectivity index (χ0n) is 8.58. The van der Waals surface area contributed by atoms with Crippen LogP contribution in [0.15, 0.2) is 40.9 Å². The average Bonchev–Trinajstić information content (AvgIpc) is 2.27. The van der Waals surface area contributed by atoms with Gasteiger partial charge < -0.3 is 10.5 Å². The third-order valence-corrected chi connectivity index (χ3v) is 3.41. The molecule has 0 fully saturated rings. The molecule has 0 aliphatic rings. The summed E-state index contributed by atoms with van der Waals surface area (Å²) in [4.78, 5) is 0. The Balaban J connectivity index is 2.34. The molecule has 0 aliphatic heterocycles. The van der Waals surface area contributed by atoms with Crippen LogP contribution in [0, 0.1) is 9.39 Å². The largest absolute Gasteiger partial charge is 0.453 e. The molecule has 2 rings (SSSR count). The Morgan fingerprint density at radius 1 is 1.12 bits per heavy atom. The smallest absolute Gasteiger partial charge is 0.165 e. The first-order chi connectivity index (χ1) is 8.06. The molecule has 2 N–H and O–H groups in total. The van der Waals surface area contributed by atoms with Gasteiger partial charge >= 0.3 is 0 Å². The number of hydrogen-bond donors (Lipinski definition) is 1. The van der Waals surface area contributed by atoms with E-state index in [0.29, 0.717) is 11.4 Å². The second kappa shape index (κ2) is 5.22. The predicted octanol–water partition coefficient (Wildman–Crippen LogP) is 4.57. The van der Waals surface area contributed by atoms with Crippen LogP contribution in [0.2, 0.25) is 0 Å². The van der Waals surface area contributed by atoms with Gasteiger partial charge in [0.2, 0.25) is 0 Å². The number of ether oxygens (including phenoxy) is 1. The lowest BCUT2D eigenvalue weighted by Crippen LogP contribution is -1.92. The molecule has 0 bridgehead atoms. The molecule has 0 spiro atoms. The fraction of sp³-hybridized carbons (Fsp3) is 0. The Morgan fingerprint density at radius 2 is 1.88 bits per heavy atom. The molecule has 0 saturated carbocycles. The first kappa shape index (κ1) is 12.6. The van der Waals surface area contributed by atoms with E-state index < -0.39 is 5.82 Å². The SMILES string of the molecule is Nc1ccc(Oc2cc(Br)ccc2F)c(I)c1. The third-order valence-electron chi connectivity index (χ3n) is 2.07. The molecule has 2 aromatic rings. The summed E-state index contributed by atoms with van der Waals surface area (Å²) < 4.78 is 20.6. The van der Waals surface area contributed by atoms with E-state index in [2.05, 4.69) is 38.5 Å². The van der Waals surface area contributed by atoms with Gasteiger partial charge in [0.05, 0.1) is 3.57 Å². The highest BCUT2D eigenvalue weighted by Crippen LogP contribution is 2.31. The van der Waals surface area contributed by atoms with Crippen LogP contribution in [0.5, 0.6) is 11.5 Å². The van der Waals surface area contributed by atoms with Crippen molar-refractivity contribution in [1.29, 1.82) is 0 Å². The average molecular weight is 408 g/mol. The summed E-state index contributed by atoms with van der Waals surface area (Å²) in [5, 5.41) is 0. The summed E-state index contributed by atoms with van der Waals surface area (Å²) in [7, 11) is 0. The Kier molecular flexibility index (Phi) is 3.88. The minimum absolute atomic E-state index is 0.182. The molecule has 0 saturated heterocycles. The molecule has 0 radical (unpaired) electrons. The lowest BCUT2D eigenvalue weighted by Gasteiger charge is -2.09. The van der Waals surface area contributed by atoms with Crippen molar-refractivity contribution in [2.75, 3.05) is 5.73 Å². The van der Waals surface area contributed by atoms with Gasteiger partial charge in [-0.05, 0) is 59.0 Å².